The maximum atomic E-state index is 12.9. The van der Waals surface area contributed by atoms with Crippen molar-refractivity contribution in [3.63, 3.8) is 0 Å². The fourth-order valence-electron chi connectivity index (χ4n) is 3.77. The highest BCUT2D eigenvalue weighted by molar-refractivity contribution is 7.89. The standard InChI is InChI=1S/C21H23N3O3S/c1-15-10-12-17(13-11-15)28(26,27)22-14-20-18-8-4-5-9-19(18)21(25)24(23-20)16-6-2-3-7-16/h4-5,8-13,16,22H,2-3,6-7,14H2,1H3. The van der Waals surface area contributed by atoms with E-state index in [1.165, 1.54) is 0 Å². The van der Waals surface area contributed by atoms with Crippen LogP contribution in [-0.2, 0) is 16.6 Å². The van der Waals surface area contributed by atoms with E-state index in [9.17, 15) is 13.2 Å². The third-order valence-electron chi connectivity index (χ3n) is 5.34. The van der Waals surface area contributed by atoms with E-state index in [4.69, 9.17) is 0 Å². The lowest BCUT2D eigenvalue weighted by molar-refractivity contribution is 0.441. The SMILES string of the molecule is Cc1ccc(S(=O)(=O)NCc2nn(C3CCCC3)c(=O)c3ccccc23)cc1. The lowest BCUT2D eigenvalue weighted by atomic mass is 10.1. The molecule has 1 heterocycles. The molecule has 0 unspecified atom stereocenters. The first-order valence-corrected chi connectivity index (χ1v) is 11.0. The molecule has 0 aliphatic heterocycles. The summed E-state index contributed by atoms with van der Waals surface area (Å²) in [7, 11) is -3.66. The van der Waals surface area contributed by atoms with Gasteiger partial charge in [-0.3, -0.25) is 4.79 Å². The molecule has 0 bridgehead atoms. The van der Waals surface area contributed by atoms with Crippen LogP contribution in [0.2, 0.25) is 0 Å². The van der Waals surface area contributed by atoms with E-state index in [1.807, 2.05) is 25.1 Å². The average molecular weight is 398 g/mol. The van der Waals surface area contributed by atoms with Gasteiger partial charge in [-0.1, -0.05) is 48.7 Å². The quantitative estimate of drug-likeness (QED) is 0.716. The van der Waals surface area contributed by atoms with E-state index in [0.717, 1.165) is 31.2 Å². The Morgan fingerprint density at radius 1 is 1.04 bits per heavy atom. The molecule has 7 heteroatoms. The van der Waals surface area contributed by atoms with E-state index in [0.29, 0.717) is 16.5 Å². The van der Waals surface area contributed by atoms with Crippen molar-refractivity contribution in [2.24, 2.45) is 0 Å². The van der Waals surface area contributed by atoms with Crippen LogP contribution < -0.4 is 10.3 Å². The number of rotatable bonds is 5. The summed E-state index contributed by atoms with van der Waals surface area (Å²) in [5.41, 5.74) is 1.46. The number of aryl methyl sites for hydroxylation is 1. The number of nitrogens with zero attached hydrogens (tertiary/aromatic N) is 2. The van der Waals surface area contributed by atoms with Gasteiger partial charge >= 0.3 is 0 Å². The Kier molecular flexibility index (Phi) is 5.03. The zero-order valence-corrected chi connectivity index (χ0v) is 16.6. The normalized spacial score (nSPS) is 15.3. The molecule has 0 spiro atoms. The summed E-state index contributed by atoms with van der Waals surface area (Å²) in [6.07, 6.45) is 4.03. The molecule has 4 rings (SSSR count). The molecule has 0 atom stereocenters. The lowest BCUT2D eigenvalue weighted by Gasteiger charge is -2.16. The van der Waals surface area contributed by atoms with Crippen LogP contribution in [-0.4, -0.2) is 18.2 Å². The van der Waals surface area contributed by atoms with Crippen molar-refractivity contribution in [1.29, 1.82) is 0 Å². The summed E-state index contributed by atoms with van der Waals surface area (Å²) in [5, 5.41) is 5.84. The van der Waals surface area contributed by atoms with Gasteiger partial charge in [-0.15, -0.1) is 0 Å². The summed E-state index contributed by atoms with van der Waals surface area (Å²) < 4.78 is 29.5. The summed E-state index contributed by atoms with van der Waals surface area (Å²) >= 11 is 0. The number of hydrogen-bond donors (Lipinski definition) is 1. The van der Waals surface area contributed by atoms with Gasteiger partial charge in [-0.2, -0.15) is 5.10 Å². The average Bonchev–Trinajstić information content (AvgIpc) is 3.22. The van der Waals surface area contributed by atoms with Crippen molar-refractivity contribution in [1.82, 2.24) is 14.5 Å². The Bertz CT molecular complexity index is 1160. The fourth-order valence-corrected chi connectivity index (χ4v) is 4.75. The van der Waals surface area contributed by atoms with E-state index >= 15 is 0 Å². The summed E-state index contributed by atoms with van der Waals surface area (Å²) in [6.45, 7) is 1.94. The maximum absolute atomic E-state index is 12.9. The highest BCUT2D eigenvalue weighted by Gasteiger charge is 2.22. The topological polar surface area (TPSA) is 81.1 Å². The van der Waals surface area contributed by atoms with Gasteiger partial charge < -0.3 is 0 Å². The van der Waals surface area contributed by atoms with Crippen LogP contribution in [0.25, 0.3) is 10.8 Å². The molecule has 1 aliphatic rings. The molecule has 0 radical (unpaired) electrons. The molecule has 146 valence electrons. The highest BCUT2D eigenvalue weighted by Crippen LogP contribution is 2.28. The van der Waals surface area contributed by atoms with Crippen molar-refractivity contribution >= 4 is 20.8 Å². The highest BCUT2D eigenvalue weighted by atomic mass is 32.2. The maximum Gasteiger partial charge on any atom is 0.274 e. The van der Waals surface area contributed by atoms with Gasteiger partial charge in [0.15, 0.2) is 0 Å². The smallest absolute Gasteiger partial charge is 0.267 e. The first-order chi connectivity index (χ1) is 13.5. The largest absolute Gasteiger partial charge is 0.274 e. The lowest BCUT2D eigenvalue weighted by Crippen LogP contribution is -2.30. The Balaban J connectivity index is 1.71. The minimum absolute atomic E-state index is 0.0315. The zero-order valence-electron chi connectivity index (χ0n) is 15.8. The van der Waals surface area contributed by atoms with Crippen LogP contribution in [0.1, 0.15) is 43.0 Å². The van der Waals surface area contributed by atoms with Crippen molar-refractivity contribution in [3.05, 3.63) is 70.1 Å². The van der Waals surface area contributed by atoms with Crippen LogP contribution in [0.15, 0.2) is 58.2 Å². The van der Waals surface area contributed by atoms with Gasteiger partial charge in [0.1, 0.15) is 0 Å². The summed E-state index contributed by atoms with van der Waals surface area (Å²) in [6, 6.07) is 14.0. The van der Waals surface area contributed by atoms with Crippen LogP contribution in [0.4, 0.5) is 0 Å². The predicted octanol–water partition coefficient (Wildman–Crippen LogP) is 3.30. The second-order valence-electron chi connectivity index (χ2n) is 7.32. The Labute approximate surface area is 164 Å². The third kappa shape index (κ3) is 3.59. The second kappa shape index (κ2) is 7.48. The van der Waals surface area contributed by atoms with Crippen LogP contribution in [0.3, 0.4) is 0 Å². The number of hydrogen-bond acceptors (Lipinski definition) is 4. The van der Waals surface area contributed by atoms with Crippen molar-refractivity contribution < 1.29 is 8.42 Å². The predicted molar refractivity (Wildman–Crippen MR) is 109 cm³/mol. The first-order valence-electron chi connectivity index (χ1n) is 9.52. The van der Waals surface area contributed by atoms with Gasteiger partial charge in [-0.25, -0.2) is 17.8 Å². The van der Waals surface area contributed by atoms with Gasteiger partial charge in [0.05, 0.1) is 28.6 Å². The molecule has 28 heavy (non-hydrogen) atoms. The van der Waals surface area contributed by atoms with Crippen LogP contribution in [0, 0.1) is 6.92 Å². The molecule has 0 amide bonds. The minimum atomic E-state index is -3.66. The van der Waals surface area contributed by atoms with Gasteiger partial charge in [0.2, 0.25) is 10.0 Å². The van der Waals surface area contributed by atoms with E-state index < -0.39 is 10.0 Å². The van der Waals surface area contributed by atoms with Crippen molar-refractivity contribution in [3.8, 4) is 0 Å². The minimum Gasteiger partial charge on any atom is -0.267 e. The van der Waals surface area contributed by atoms with Gasteiger partial charge in [0, 0.05) is 5.39 Å². The molecule has 2 aromatic carbocycles. The molecule has 6 nitrogen and oxygen atoms in total. The van der Waals surface area contributed by atoms with E-state index in [1.54, 1.807) is 35.0 Å². The molecule has 1 aromatic heterocycles. The second-order valence-corrected chi connectivity index (χ2v) is 9.08. The summed E-state index contributed by atoms with van der Waals surface area (Å²) in [4.78, 5) is 13.1. The zero-order chi connectivity index (χ0) is 19.7. The Hall–Kier alpha value is -2.51. The van der Waals surface area contributed by atoms with E-state index in [-0.39, 0.29) is 23.0 Å². The van der Waals surface area contributed by atoms with E-state index in [2.05, 4.69) is 9.82 Å². The first kappa shape index (κ1) is 18.8. The number of benzene rings is 2. The van der Waals surface area contributed by atoms with Crippen LogP contribution >= 0.6 is 0 Å². The molecule has 1 N–H and O–H groups in total. The molecular weight excluding hydrogens is 374 g/mol. The molecule has 3 aromatic rings. The number of nitrogens with one attached hydrogen (secondary N) is 1. The Morgan fingerprint density at radius 3 is 2.36 bits per heavy atom. The molecule has 1 fully saturated rings. The fraction of sp³-hybridized carbons (Fsp3) is 0.333. The monoisotopic (exact) mass is 397 g/mol. The molecule has 1 saturated carbocycles. The number of fused-ring (bicyclic) bond motifs is 1. The van der Waals surface area contributed by atoms with Gasteiger partial charge in [0.25, 0.3) is 5.56 Å². The Morgan fingerprint density at radius 2 is 1.68 bits per heavy atom. The molecular formula is C21H23N3O3S. The van der Waals surface area contributed by atoms with Crippen LogP contribution in [0.5, 0.6) is 0 Å². The van der Waals surface area contributed by atoms with Gasteiger partial charge in [-0.05, 0) is 38.0 Å². The third-order valence-corrected chi connectivity index (χ3v) is 6.75. The van der Waals surface area contributed by atoms with Crippen molar-refractivity contribution in [2.75, 3.05) is 0 Å². The summed E-state index contributed by atoms with van der Waals surface area (Å²) in [5.74, 6) is 0. The molecule has 1 aliphatic carbocycles. The number of aromatic nitrogens is 2. The molecule has 0 saturated heterocycles. The van der Waals surface area contributed by atoms with Crippen molar-refractivity contribution in [2.45, 2.75) is 50.1 Å². The number of sulfonamides is 1.